The van der Waals surface area contributed by atoms with E-state index in [1.54, 1.807) is 0 Å². The highest BCUT2D eigenvalue weighted by Crippen LogP contribution is 1.94. The lowest BCUT2D eigenvalue weighted by molar-refractivity contribution is -0.882. The van der Waals surface area contributed by atoms with Gasteiger partial charge in [-0.15, -0.1) is 0 Å². The molecule has 0 aliphatic rings. The molecule has 0 N–H and O–H groups in total. The molecule has 0 fully saturated rings. The molecule has 0 aliphatic heterocycles. The van der Waals surface area contributed by atoms with E-state index < -0.39 is 0 Å². The van der Waals surface area contributed by atoms with Gasteiger partial charge in [0.05, 0.1) is 27.2 Å². The van der Waals surface area contributed by atoms with E-state index in [9.17, 15) is 0 Å². The van der Waals surface area contributed by atoms with Crippen molar-refractivity contribution < 1.29 is 4.48 Å². The first-order valence-electron chi connectivity index (χ1n) is 3.55. The molecule has 0 rings (SSSR count). The summed E-state index contributed by atoms with van der Waals surface area (Å²) in [5.41, 5.74) is 0. The number of allylic oxidation sites excluding steroid dienone is 1. The van der Waals surface area contributed by atoms with Gasteiger partial charge in [-0.2, -0.15) is 0 Å². The third kappa shape index (κ3) is 4.22. The Balaban J connectivity index is 3.58. The smallest absolute Gasteiger partial charge is 0.0969 e. The molecule has 0 spiro atoms. The molecule has 0 aromatic rings. The maximum absolute atomic E-state index is 2.24. The minimum Gasteiger partial charge on any atom is -0.325 e. The van der Waals surface area contributed by atoms with Crippen molar-refractivity contribution in [2.24, 2.45) is 0 Å². The van der Waals surface area contributed by atoms with Crippen LogP contribution in [0.15, 0.2) is 12.2 Å². The Hall–Kier alpha value is -0.300. The van der Waals surface area contributed by atoms with Gasteiger partial charge >= 0.3 is 0 Å². The lowest BCUT2D eigenvalue weighted by atomic mass is 10.4. The predicted octanol–water partition coefficient (Wildman–Crippen LogP) is 1.66. The summed E-state index contributed by atoms with van der Waals surface area (Å²) in [5, 5.41) is 0. The van der Waals surface area contributed by atoms with Crippen LogP contribution in [0.4, 0.5) is 0 Å². The molecule has 0 unspecified atom stereocenters. The zero-order chi connectivity index (χ0) is 7.33. The number of nitrogens with zero attached hydrogens (tertiary/aromatic N) is 1. The van der Waals surface area contributed by atoms with Crippen molar-refractivity contribution in [2.45, 2.75) is 13.8 Å². The lowest BCUT2D eigenvalue weighted by Gasteiger charge is -2.26. The normalized spacial score (nSPS) is 12.9. The fourth-order valence-electron chi connectivity index (χ4n) is 0.520. The first kappa shape index (κ1) is 8.70. The Labute approximate surface area is 58.6 Å². The van der Waals surface area contributed by atoms with Gasteiger partial charge in [-0.05, 0) is 19.9 Å². The van der Waals surface area contributed by atoms with Gasteiger partial charge in [0.2, 0.25) is 0 Å². The highest BCUT2D eigenvalue weighted by Gasteiger charge is 2.06. The van der Waals surface area contributed by atoms with Gasteiger partial charge in [0.15, 0.2) is 0 Å². The number of quaternary nitrogens is 1. The van der Waals surface area contributed by atoms with Crippen LogP contribution < -0.4 is 0 Å². The summed E-state index contributed by atoms with van der Waals surface area (Å²) >= 11 is 0. The van der Waals surface area contributed by atoms with Crippen molar-refractivity contribution in [2.75, 3.05) is 27.2 Å². The van der Waals surface area contributed by atoms with E-state index in [0.717, 1.165) is 11.0 Å². The summed E-state index contributed by atoms with van der Waals surface area (Å²) in [6.45, 7) is 6.62. The Morgan fingerprint density at radius 3 is 2.22 bits per heavy atom. The van der Waals surface area contributed by atoms with Gasteiger partial charge in [0.25, 0.3) is 0 Å². The second-order valence-electron chi connectivity index (χ2n) is 3.00. The minimum absolute atomic E-state index is 1.09. The Morgan fingerprint density at radius 2 is 1.89 bits per heavy atom. The highest BCUT2D eigenvalue weighted by atomic mass is 15.3. The van der Waals surface area contributed by atoms with Crippen molar-refractivity contribution in [1.82, 2.24) is 0 Å². The van der Waals surface area contributed by atoms with Crippen LogP contribution in [0.3, 0.4) is 0 Å². The standard InChI is InChI=1S/C8H18N/c1-5-7-8-9(3,4)6-2/h5,7H,6,8H2,1-4H3/q+1. The summed E-state index contributed by atoms with van der Waals surface area (Å²) < 4.78 is 1.09. The molecule has 0 saturated heterocycles. The van der Waals surface area contributed by atoms with E-state index in [-0.39, 0.29) is 0 Å². The molecule has 54 valence electrons. The first-order chi connectivity index (χ1) is 4.12. The van der Waals surface area contributed by atoms with Gasteiger partial charge in [-0.3, -0.25) is 0 Å². The summed E-state index contributed by atoms with van der Waals surface area (Å²) in [5.74, 6) is 0. The van der Waals surface area contributed by atoms with Crippen molar-refractivity contribution in [3.05, 3.63) is 12.2 Å². The molecule has 9 heavy (non-hydrogen) atoms. The number of rotatable bonds is 3. The van der Waals surface area contributed by atoms with Gasteiger partial charge in [-0.25, -0.2) is 0 Å². The largest absolute Gasteiger partial charge is 0.325 e. The molecular formula is C8H18N+. The van der Waals surface area contributed by atoms with Crippen LogP contribution in [0.5, 0.6) is 0 Å². The van der Waals surface area contributed by atoms with Crippen LogP contribution in [0.25, 0.3) is 0 Å². The molecule has 0 bridgehead atoms. The fraction of sp³-hybridized carbons (Fsp3) is 0.750. The summed E-state index contributed by atoms with van der Waals surface area (Å²) in [7, 11) is 4.47. The van der Waals surface area contributed by atoms with E-state index in [0.29, 0.717) is 0 Å². The summed E-state index contributed by atoms with van der Waals surface area (Å²) in [6, 6.07) is 0. The van der Waals surface area contributed by atoms with Crippen molar-refractivity contribution in [3.8, 4) is 0 Å². The molecule has 0 amide bonds. The SMILES string of the molecule is CC=CC[N+](C)(C)CC. The molecular weight excluding hydrogens is 110 g/mol. The van der Waals surface area contributed by atoms with Crippen LogP contribution in [0.1, 0.15) is 13.8 Å². The molecule has 0 aromatic carbocycles. The van der Waals surface area contributed by atoms with Crippen LogP contribution in [-0.4, -0.2) is 31.7 Å². The monoisotopic (exact) mass is 128 g/mol. The van der Waals surface area contributed by atoms with E-state index in [2.05, 4.69) is 40.1 Å². The number of hydrogen-bond donors (Lipinski definition) is 0. The molecule has 0 aromatic heterocycles. The van der Waals surface area contributed by atoms with Crippen LogP contribution in [0, 0.1) is 0 Å². The topological polar surface area (TPSA) is 0 Å². The molecule has 0 saturated carbocycles. The zero-order valence-electron chi connectivity index (χ0n) is 7.02. The lowest BCUT2D eigenvalue weighted by Crippen LogP contribution is -2.39. The first-order valence-corrected chi connectivity index (χ1v) is 3.55. The van der Waals surface area contributed by atoms with Crippen molar-refractivity contribution in [1.29, 1.82) is 0 Å². The van der Waals surface area contributed by atoms with Crippen molar-refractivity contribution in [3.63, 3.8) is 0 Å². The highest BCUT2D eigenvalue weighted by molar-refractivity contribution is 4.75. The summed E-state index contributed by atoms with van der Waals surface area (Å²) in [6.07, 6.45) is 4.32. The van der Waals surface area contributed by atoms with Crippen LogP contribution in [-0.2, 0) is 0 Å². The molecule has 0 heterocycles. The molecule has 0 radical (unpaired) electrons. The van der Waals surface area contributed by atoms with E-state index >= 15 is 0 Å². The van der Waals surface area contributed by atoms with Gasteiger partial charge in [0.1, 0.15) is 0 Å². The van der Waals surface area contributed by atoms with Gasteiger partial charge < -0.3 is 4.48 Å². The Morgan fingerprint density at radius 1 is 1.33 bits per heavy atom. The fourth-order valence-corrected chi connectivity index (χ4v) is 0.520. The molecule has 0 atom stereocenters. The van der Waals surface area contributed by atoms with Crippen molar-refractivity contribution >= 4 is 0 Å². The van der Waals surface area contributed by atoms with E-state index in [4.69, 9.17) is 0 Å². The minimum atomic E-state index is 1.09. The van der Waals surface area contributed by atoms with Gasteiger partial charge in [0, 0.05) is 0 Å². The molecule has 1 heteroatoms. The summed E-state index contributed by atoms with van der Waals surface area (Å²) in [4.78, 5) is 0. The Kier molecular flexibility index (Phi) is 3.55. The number of hydrogen-bond acceptors (Lipinski definition) is 0. The second kappa shape index (κ2) is 3.67. The molecule has 0 aliphatic carbocycles. The van der Waals surface area contributed by atoms with Gasteiger partial charge in [-0.1, -0.05) is 6.08 Å². The maximum atomic E-state index is 2.24. The van der Waals surface area contributed by atoms with Crippen LogP contribution in [0.2, 0.25) is 0 Å². The third-order valence-electron chi connectivity index (χ3n) is 1.69. The second-order valence-corrected chi connectivity index (χ2v) is 3.00. The molecule has 1 nitrogen and oxygen atoms in total. The van der Waals surface area contributed by atoms with E-state index in [1.807, 2.05) is 0 Å². The number of likely N-dealkylation sites (N-methyl/N-ethyl adjacent to an activating group) is 1. The average Bonchev–Trinajstić information content (AvgIpc) is 1.84. The van der Waals surface area contributed by atoms with Crippen LogP contribution >= 0.6 is 0 Å². The average molecular weight is 128 g/mol. The Bertz CT molecular complexity index is 92.7. The zero-order valence-corrected chi connectivity index (χ0v) is 7.02. The van der Waals surface area contributed by atoms with E-state index in [1.165, 1.54) is 6.54 Å². The maximum Gasteiger partial charge on any atom is 0.0969 e. The third-order valence-corrected chi connectivity index (χ3v) is 1.69. The predicted molar refractivity (Wildman–Crippen MR) is 42.3 cm³/mol. The quantitative estimate of drug-likeness (QED) is 0.400.